The lowest BCUT2D eigenvalue weighted by Crippen LogP contribution is -2.30. The molecule has 0 aliphatic carbocycles. The molecule has 0 saturated heterocycles. The van der Waals surface area contributed by atoms with E-state index < -0.39 is 0 Å². The van der Waals surface area contributed by atoms with Gasteiger partial charge >= 0.3 is 0 Å². The number of aromatic nitrogens is 1. The molecule has 0 radical (unpaired) electrons. The first-order chi connectivity index (χ1) is 11.0. The number of carbonyl (C=O) groups is 1. The lowest BCUT2D eigenvalue weighted by atomic mass is 10.1. The van der Waals surface area contributed by atoms with Crippen LogP contribution in [0.1, 0.15) is 24.3 Å². The molecular weight excluding hydrogens is 300 g/mol. The molecule has 0 unspecified atom stereocenters. The molecule has 7 heteroatoms. The van der Waals surface area contributed by atoms with E-state index in [-0.39, 0.29) is 17.6 Å². The van der Waals surface area contributed by atoms with Gasteiger partial charge in [0, 0.05) is 11.6 Å². The van der Waals surface area contributed by atoms with Crippen LogP contribution in [0.3, 0.4) is 0 Å². The molecule has 0 atom stereocenters. The van der Waals surface area contributed by atoms with Gasteiger partial charge in [-0.2, -0.15) is 0 Å². The number of methoxy groups -OCH3 is 3. The van der Waals surface area contributed by atoms with Crippen molar-refractivity contribution in [3.8, 4) is 28.6 Å². The highest BCUT2D eigenvalue weighted by Gasteiger charge is 2.22. The number of carbonyl (C=O) groups excluding carboxylic acids is 1. The molecule has 0 fully saturated rings. The zero-order valence-corrected chi connectivity index (χ0v) is 13.8. The van der Waals surface area contributed by atoms with Crippen LogP contribution < -0.4 is 19.5 Å². The first-order valence-electron chi connectivity index (χ1n) is 7.06. The minimum Gasteiger partial charge on any atom is -0.493 e. The van der Waals surface area contributed by atoms with Crippen LogP contribution >= 0.6 is 0 Å². The number of nitrogens with one attached hydrogen (secondary N) is 1. The van der Waals surface area contributed by atoms with Crippen molar-refractivity contribution >= 4 is 5.91 Å². The SMILES string of the molecule is COc1cc(-c2ocnc2C(=O)NC(C)C)cc(OC)c1OC. The average molecular weight is 320 g/mol. The molecule has 0 bridgehead atoms. The highest BCUT2D eigenvalue weighted by atomic mass is 16.5. The van der Waals surface area contributed by atoms with Crippen LogP contribution in [0.2, 0.25) is 0 Å². The van der Waals surface area contributed by atoms with Gasteiger partial charge in [-0.05, 0) is 26.0 Å². The molecule has 23 heavy (non-hydrogen) atoms. The van der Waals surface area contributed by atoms with Gasteiger partial charge in [-0.25, -0.2) is 4.98 Å². The van der Waals surface area contributed by atoms with Crippen molar-refractivity contribution in [3.05, 3.63) is 24.2 Å². The molecule has 2 aromatic rings. The van der Waals surface area contributed by atoms with E-state index in [0.29, 0.717) is 28.6 Å². The normalized spacial score (nSPS) is 10.5. The third kappa shape index (κ3) is 3.39. The molecule has 2 rings (SSSR count). The number of hydrogen-bond donors (Lipinski definition) is 1. The van der Waals surface area contributed by atoms with Gasteiger partial charge in [-0.3, -0.25) is 4.79 Å². The van der Waals surface area contributed by atoms with Crippen LogP contribution in [0.4, 0.5) is 0 Å². The Hall–Kier alpha value is -2.70. The van der Waals surface area contributed by atoms with Crippen molar-refractivity contribution in [1.29, 1.82) is 0 Å². The third-order valence-electron chi connectivity index (χ3n) is 3.13. The van der Waals surface area contributed by atoms with Gasteiger partial charge in [0.05, 0.1) is 21.3 Å². The average Bonchev–Trinajstić information content (AvgIpc) is 3.02. The number of oxazole rings is 1. The maximum atomic E-state index is 12.2. The summed E-state index contributed by atoms with van der Waals surface area (Å²) in [6, 6.07) is 3.40. The first-order valence-corrected chi connectivity index (χ1v) is 7.06. The molecule has 1 aromatic heterocycles. The Morgan fingerprint density at radius 2 is 1.74 bits per heavy atom. The van der Waals surface area contributed by atoms with Crippen LogP contribution in [0.25, 0.3) is 11.3 Å². The molecule has 0 aliphatic heterocycles. The van der Waals surface area contributed by atoms with Gasteiger partial charge in [-0.15, -0.1) is 0 Å². The lowest BCUT2D eigenvalue weighted by Gasteiger charge is -2.13. The molecule has 0 saturated carbocycles. The Kier molecular flexibility index (Phi) is 5.10. The van der Waals surface area contributed by atoms with Crippen molar-refractivity contribution < 1.29 is 23.4 Å². The topological polar surface area (TPSA) is 82.8 Å². The third-order valence-corrected chi connectivity index (χ3v) is 3.13. The second-order valence-corrected chi connectivity index (χ2v) is 5.07. The highest BCUT2D eigenvalue weighted by Crippen LogP contribution is 2.41. The number of rotatable bonds is 6. The number of ether oxygens (including phenoxy) is 3. The van der Waals surface area contributed by atoms with Gasteiger partial charge in [0.15, 0.2) is 29.3 Å². The minimum absolute atomic E-state index is 0.00742. The predicted molar refractivity (Wildman–Crippen MR) is 84.2 cm³/mol. The van der Waals surface area contributed by atoms with E-state index >= 15 is 0 Å². The number of benzene rings is 1. The van der Waals surface area contributed by atoms with Crippen molar-refractivity contribution in [1.82, 2.24) is 10.3 Å². The van der Waals surface area contributed by atoms with Crippen LogP contribution in [0, 0.1) is 0 Å². The summed E-state index contributed by atoms with van der Waals surface area (Å²) >= 11 is 0. The van der Waals surface area contributed by atoms with Gasteiger partial charge in [0.25, 0.3) is 5.91 Å². The number of nitrogens with zero attached hydrogens (tertiary/aromatic N) is 1. The van der Waals surface area contributed by atoms with Crippen LogP contribution in [-0.2, 0) is 0 Å². The maximum absolute atomic E-state index is 12.2. The van der Waals surface area contributed by atoms with E-state index in [0.717, 1.165) is 0 Å². The summed E-state index contributed by atoms with van der Waals surface area (Å²) in [5, 5.41) is 2.79. The minimum atomic E-state index is -0.308. The van der Waals surface area contributed by atoms with E-state index in [1.54, 1.807) is 12.1 Å². The molecular formula is C16H20N2O5. The Balaban J connectivity index is 2.51. The van der Waals surface area contributed by atoms with Crippen molar-refractivity contribution in [2.75, 3.05) is 21.3 Å². The Labute approximate surface area is 134 Å². The van der Waals surface area contributed by atoms with Gasteiger partial charge in [0.2, 0.25) is 5.75 Å². The van der Waals surface area contributed by atoms with E-state index in [4.69, 9.17) is 18.6 Å². The fraction of sp³-hybridized carbons (Fsp3) is 0.375. The number of hydrogen-bond acceptors (Lipinski definition) is 6. The van der Waals surface area contributed by atoms with Crippen LogP contribution in [0.5, 0.6) is 17.2 Å². The second-order valence-electron chi connectivity index (χ2n) is 5.07. The highest BCUT2D eigenvalue weighted by molar-refractivity contribution is 5.98. The monoisotopic (exact) mass is 320 g/mol. The molecule has 0 spiro atoms. The van der Waals surface area contributed by atoms with Gasteiger partial charge < -0.3 is 23.9 Å². The maximum Gasteiger partial charge on any atom is 0.274 e. The van der Waals surface area contributed by atoms with Crippen molar-refractivity contribution in [2.24, 2.45) is 0 Å². The molecule has 7 nitrogen and oxygen atoms in total. The summed E-state index contributed by atoms with van der Waals surface area (Å²) in [6.07, 6.45) is 1.23. The second kappa shape index (κ2) is 7.04. The van der Waals surface area contributed by atoms with E-state index in [1.807, 2.05) is 13.8 Å². The van der Waals surface area contributed by atoms with E-state index in [9.17, 15) is 4.79 Å². The quantitative estimate of drug-likeness (QED) is 0.880. The van der Waals surface area contributed by atoms with Gasteiger partial charge in [0.1, 0.15) is 0 Å². The summed E-state index contributed by atoms with van der Waals surface area (Å²) in [7, 11) is 4.57. The summed E-state index contributed by atoms with van der Waals surface area (Å²) in [5.41, 5.74) is 0.805. The summed E-state index contributed by atoms with van der Waals surface area (Å²) in [4.78, 5) is 16.2. The molecule has 1 aromatic carbocycles. The van der Waals surface area contributed by atoms with Crippen LogP contribution in [0.15, 0.2) is 22.9 Å². The molecule has 1 heterocycles. The molecule has 1 amide bonds. The largest absolute Gasteiger partial charge is 0.493 e. The lowest BCUT2D eigenvalue weighted by molar-refractivity contribution is 0.0939. The first kappa shape index (κ1) is 16.7. The van der Waals surface area contributed by atoms with Gasteiger partial charge in [-0.1, -0.05) is 0 Å². The molecule has 0 aliphatic rings. The summed E-state index contributed by atoms with van der Waals surface area (Å²) < 4.78 is 21.3. The fourth-order valence-electron chi connectivity index (χ4n) is 2.16. The Bertz CT molecular complexity index is 669. The summed E-state index contributed by atoms with van der Waals surface area (Å²) in [6.45, 7) is 3.74. The van der Waals surface area contributed by atoms with Crippen molar-refractivity contribution in [2.45, 2.75) is 19.9 Å². The fourth-order valence-corrected chi connectivity index (χ4v) is 2.16. The Morgan fingerprint density at radius 3 is 2.22 bits per heavy atom. The molecule has 1 N–H and O–H groups in total. The smallest absolute Gasteiger partial charge is 0.274 e. The standard InChI is InChI=1S/C16H20N2O5/c1-9(2)18-16(19)13-14(23-8-17-13)10-6-11(20-3)15(22-5)12(7-10)21-4/h6-9H,1-5H3,(H,18,19). The van der Waals surface area contributed by atoms with E-state index in [1.165, 1.54) is 27.7 Å². The van der Waals surface area contributed by atoms with Crippen molar-refractivity contribution in [3.63, 3.8) is 0 Å². The van der Waals surface area contributed by atoms with Crippen LogP contribution in [-0.4, -0.2) is 38.3 Å². The molecule has 124 valence electrons. The van der Waals surface area contributed by atoms with E-state index in [2.05, 4.69) is 10.3 Å². The Morgan fingerprint density at radius 1 is 1.13 bits per heavy atom. The summed E-state index contributed by atoms with van der Waals surface area (Å²) in [5.74, 6) is 1.42. The number of amides is 1. The zero-order valence-electron chi connectivity index (χ0n) is 13.8. The zero-order chi connectivity index (χ0) is 17.0. The predicted octanol–water partition coefficient (Wildman–Crippen LogP) is 2.51.